The minimum atomic E-state index is 0.0148. The summed E-state index contributed by atoms with van der Waals surface area (Å²) in [4.78, 5) is 19.0. The van der Waals surface area contributed by atoms with E-state index in [9.17, 15) is 4.79 Å². The number of aryl methyl sites for hydroxylation is 4. The number of H-pyrrole nitrogens is 1. The van der Waals surface area contributed by atoms with Gasteiger partial charge in [0, 0.05) is 13.1 Å². The Kier molecular flexibility index (Phi) is 5.17. The predicted octanol–water partition coefficient (Wildman–Crippen LogP) is 1.59. The number of carbonyl (C=O) groups is 1. The molecule has 0 saturated carbocycles. The first-order valence-corrected chi connectivity index (χ1v) is 8.84. The first-order chi connectivity index (χ1) is 11.9. The largest absolute Gasteiger partial charge is 0.322 e. The number of hydrogen-bond donors (Lipinski definition) is 2. The first kappa shape index (κ1) is 17.6. The summed E-state index contributed by atoms with van der Waals surface area (Å²) >= 11 is 0. The smallest absolute Gasteiger partial charge is 0.238 e. The van der Waals surface area contributed by atoms with E-state index in [1.807, 2.05) is 32.4 Å². The van der Waals surface area contributed by atoms with Gasteiger partial charge in [-0.25, -0.2) is 9.67 Å². The second kappa shape index (κ2) is 7.35. The molecule has 8 heteroatoms. The van der Waals surface area contributed by atoms with Crippen LogP contribution in [0.25, 0.3) is 0 Å². The fourth-order valence-corrected chi connectivity index (χ4v) is 3.54. The number of aromatic amines is 1. The van der Waals surface area contributed by atoms with E-state index in [4.69, 9.17) is 0 Å². The molecule has 0 aromatic carbocycles. The molecule has 0 aliphatic carbocycles. The molecule has 0 spiro atoms. The van der Waals surface area contributed by atoms with Crippen LogP contribution in [-0.4, -0.2) is 55.4 Å². The van der Waals surface area contributed by atoms with Crippen molar-refractivity contribution in [2.45, 2.75) is 47.1 Å². The monoisotopic (exact) mass is 345 g/mol. The fraction of sp³-hybridized carbons (Fsp3) is 0.647. The topological polar surface area (TPSA) is 91.7 Å². The van der Waals surface area contributed by atoms with Gasteiger partial charge < -0.3 is 5.32 Å². The molecule has 136 valence electrons. The lowest BCUT2D eigenvalue weighted by atomic mass is 9.98. The summed E-state index contributed by atoms with van der Waals surface area (Å²) in [5.41, 5.74) is 2.51. The van der Waals surface area contributed by atoms with Gasteiger partial charge in [0.2, 0.25) is 5.91 Å². The average Bonchev–Trinajstić information content (AvgIpc) is 3.03. The van der Waals surface area contributed by atoms with Crippen LogP contribution in [0.2, 0.25) is 0 Å². The summed E-state index contributed by atoms with van der Waals surface area (Å²) in [5, 5.41) is 14.4. The predicted molar refractivity (Wildman–Crippen MR) is 95.4 cm³/mol. The molecule has 1 aliphatic rings. The van der Waals surface area contributed by atoms with Gasteiger partial charge >= 0.3 is 0 Å². The summed E-state index contributed by atoms with van der Waals surface area (Å²) in [5.74, 6) is 2.29. The van der Waals surface area contributed by atoms with Crippen LogP contribution in [-0.2, 0) is 11.3 Å². The average molecular weight is 345 g/mol. The van der Waals surface area contributed by atoms with Crippen molar-refractivity contribution in [2.75, 3.05) is 25.0 Å². The van der Waals surface area contributed by atoms with Crippen LogP contribution in [0.5, 0.6) is 0 Å². The van der Waals surface area contributed by atoms with Gasteiger partial charge in [0.05, 0.1) is 23.6 Å². The normalized spacial score (nSPS) is 18.5. The molecule has 2 N–H and O–H groups in total. The molecule has 2 aromatic heterocycles. The Morgan fingerprint density at radius 1 is 1.32 bits per heavy atom. The number of nitrogens with zero attached hydrogens (tertiary/aromatic N) is 5. The lowest BCUT2D eigenvalue weighted by Gasteiger charge is -2.32. The van der Waals surface area contributed by atoms with Crippen molar-refractivity contribution in [3.8, 4) is 0 Å². The van der Waals surface area contributed by atoms with Crippen molar-refractivity contribution in [3.05, 3.63) is 23.0 Å². The summed E-state index contributed by atoms with van der Waals surface area (Å²) < 4.78 is 1.99. The van der Waals surface area contributed by atoms with Crippen molar-refractivity contribution in [1.29, 1.82) is 0 Å². The number of likely N-dealkylation sites (tertiary alicyclic amines) is 1. The molecule has 1 atom stereocenters. The maximum absolute atomic E-state index is 12.4. The van der Waals surface area contributed by atoms with Crippen molar-refractivity contribution in [2.24, 2.45) is 5.92 Å². The Morgan fingerprint density at radius 3 is 2.76 bits per heavy atom. The Bertz CT molecular complexity index is 729. The number of nitrogens with one attached hydrogen (secondary N) is 2. The Morgan fingerprint density at radius 2 is 2.12 bits per heavy atom. The van der Waals surface area contributed by atoms with E-state index in [1.54, 1.807) is 0 Å². The highest BCUT2D eigenvalue weighted by atomic mass is 16.2. The molecular formula is C17H27N7O. The molecule has 0 bridgehead atoms. The van der Waals surface area contributed by atoms with E-state index in [1.165, 1.54) is 0 Å². The Labute approximate surface area is 148 Å². The van der Waals surface area contributed by atoms with Gasteiger partial charge in [-0.2, -0.15) is 10.2 Å². The van der Waals surface area contributed by atoms with Crippen LogP contribution in [0, 0.1) is 33.6 Å². The van der Waals surface area contributed by atoms with Crippen LogP contribution in [0.4, 0.5) is 5.69 Å². The number of rotatable bonds is 5. The summed E-state index contributed by atoms with van der Waals surface area (Å²) in [7, 11) is 0. The van der Waals surface area contributed by atoms with E-state index in [-0.39, 0.29) is 5.91 Å². The standard InChI is InChI=1S/C17H27N7O/c1-11-17(12(2)21-20-11)19-16(25)10-23-7-5-6-15(8-23)9-24-14(4)18-13(3)22-24/h15H,5-10H2,1-4H3,(H,19,25)(H,20,21)/t15-/m1/s1. The van der Waals surface area contributed by atoms with Crippen LogP contribution in [0.1, 0.15) is 35.9 Å². The quantitative estimate of drug-likeness (QED) is 0.858. The number of hydrogen-bond acceptors (Lipinski definition) is 5. The summed E-state index contributed by atoms with van der Waals surface area (Å²) in [6, 6.07) is 0. The second-order valence-electron chi connectivity index (χ2n) is 6.99. The molecule has 25 heavy (non-hydrogen) atoms. The number of anilines is 1. The van der Waals surface area contributed by atoms with Crippen molar-refractivity contribution < 1.29 is 4.79 Å². The van der Waals surface area contributed by atoms with Gasteiger partial charge in [0.15, 0.2) is 0 Å². The number of aromatic nitrogens is 5. The molecule has 1 saturated heterocycles. The van der Waals surface area contributed by atoms with E-state index in [2.05, 4.69) is 30.5 Å². The first-order valence-electron chi connectivity index (χ1n) is 8.84. The van der Waals surface area contributed by atoms with Gasteiger partial charge in [0.25, 0.3) is 0 Å². The minimum absolute atomic E-state index is 0.0148. The van der Waals surface area contributed by atoms with E-state index in [0.29, 0.717) is 12.5 Å². The summed E-state index contributed by atoms with van der Waals surface area (Å²) in [6.07, 6.45) is 2.27. The van der Waals surface area contributed by atoms with Gasteiger partial charge in [0.1, 0.15) is 11.6 Å². The van der Waals surface area contributed by atoms with Crippen molar-refractivity contribution >= 4 is 11.6 Å². The fourth-order valence-electron chi connectivity index (χ4n) is 3.54. The van der Waals surface area contributed by atoms with Crippen LogP contribution < -0.4 is 5.32 Å². The zero-order chi connectivity index (χ0) is 18.0. The van der Waals surface area contributed by atoms with Crippen molar-refractivity contribution in [1.82, 2.24) is 29.9 Å². The third-order valence-electron chi connectivity index (χ3n) is 4.76. The molecule has 3 rings (SSSR count). The molecule has 3 heterocycles. The highest BCUT2D eigenvalue weighted by Crippen LogP contribution is 2.20. The highest BCUT2D eigenvalue weighted by Gasteiger charge is 2.23. The second-order valence-corrected chi connectivity index (χ2v) is 6.99. The maximum atomic E-state index is 12.4. The van der Waals surface area contributed by atoms with Gasteiger partial charge in [-0.3, -0.25) is 14.8 Å². The lowest BCUT2D eigenvalue weighted by molar-refractivity contribution is -0.117. The number of carbonyl (C=O) groups excluding carboxylic acids is 1. The van der Waals surface area contributed by atoms with E-state index in [0.717, 1.165) is 61.2 Å². The van der Waals surface area contributed by atoms with Crippen LogP contribution in [0.15, 0.2) is 0 Å². The molecule has 1 aliphatic heterocycles. The minimum Gasteiger partial charge on any atom is -0.322 e. The zero-order valence-corrected chi connectivity index (χ0v) is 15.5. The third-order valence-corrected chi connectivity index (χ3v) is 4.76. The molecular weight excluding hydrogens is 318 g/mol. The molecule has 1 amide bonds. The molecule has 8 nitrogen and oxygen atoms in total. The van der Waals surface area contributed by atoms with Gasteiger partial charge in [-0.1, -0.05) is 0 Å². The molecule has 2 aromatic rings. The van der Waals surface area contributed by atoms with E-state index < -0.39 is 0 Å². The van der Waals surface area contributed by atoms with Crippen molar-refractivity contribution in [3.63, 3.8) is 0 Å². The lowest BCUT2D eigenvalue weighted by Crippen LogP contribution is -2.41. The highest BCUT2D eigenvalue weighted by molar-refractivity contribution is 5.93. The number of piperidine rings is 1. The number of amides is 1. The van der Waals surface area contributed by atoms with Gasteiger partial charge in [-0.15, -0.1) is 0 Å². The van der Waals surface area contributed by atoms with Crippen LogP contribution >= 0.6 is 0 Å². The Hall–Kier alpha value is -2.22. The molecule has 1 fully saturated rings. The summed E-state index contributed by atoms with van der Waals surface area (Å²) in [6.45, 7) is 10.9. The van der Waals surface area contributed by atoms with E-state index >= 15 is 0 Å². The van der Waals surface area contributed by atoms with Gasteiger partial charge in [-0.05, 0) is 53.0 Å². The SMILES string of the molecule is Cc1nc(C)n(C[C@@H]2CCCN(CC(=O)Nc3c(C)n[nH]c3C)C2)n1. The Balaban J connectivity index is 1.54. The van der Waals surface area contributed by atoms with Crippen LogP contribution in [0.3, 0.4) is 0 Å². The zero-order valence-electron chi connectivity index (χ0n) is 15.5. The molecule has 0 radical (unpaired) electrons. The molecule has 0 unspecified atom stereocenters. The third kappa shape index (κ3) is 4.25. The maximum Gasteiger partial charge on any atom is 0.238 e.